The number of aryl methyl sites for hydroxylation is 1. The van der Waals surface area contributed by atoms with Crippen LogP contribution in [0.3, 0.4) is 0 Å². The minimum absolute atomic E-state index is 0.139. The molecule has 18 heavy (non-hydrogen) atoms. The molecule has 0 aliphatic carbocycles. The fourth-order valence-electron chi connectivity index (χ4n) is 1.78. The van der Waals surface area contributed by atoms with E-state index in [0.717, 1.165) is 16.7 Å². The lowest BCUT2D eigenvalue weighted by atomic mass is 9.84. The molecule has 0 aliphatic heterocycles. The van der Waals surface area contributed by atoms with Crippen LogP contribution in [0.15, 0.2) is 12.1 Å². The average molecular weight is 250 g/mol. The van der Waals surface area contributed by atoms with Gasteiger partial charge in [-0.15, -0.1) is 0 Å². The normalized spacial score (nSPS) is 11.4. The van der Waals surface area contributed by atoms with Crippen LogP contribution in [0.5, 0.6) is 5.75 Å². The summed E-state index contributed by atoms with van der Waals surface area (Å²) in [7, 11) is 0. The molecule has 100 valence electrons. The van der Waals surface area contributed by atoms with E-state index in [0.29, 0.717) is 12.2 Å². The Hall–Kier alpha value is -1.51. The highest BCUT2D eigenvalue weighted by Crippen LogP contribution is 2.34. The van der Waals surface area contributed by atoms with Crippen LogP contribution in [0, 0.1) is 6.92 Å². The molecule has 0 spiro atoms. The molecule has 0 heterocycles. The Morgan fingerprint density at radius 1 is 1.33 bits per heavy atom. The lowest BCUT2D eigenvalue weighted by Crippen LogP contribution is -2.13. The fraction of sp³-hybridized carbons (Fsp3) is 0.533. The van der Waals surface area contributed by atoms with Crippen LogP contribution >= 0.6 is 0 Å². The van der Waals surface area contributed by atoms with Crippen LogP contribution in [0.25, 0.3) is 0 Å². The van der Waals surface area contributed by atoms with Crippen molar-refractivity contribution in [1.29, 1.82) is 0 Å². The van der Waals surface area contributed by atoms with E-state index in [1.165, 1.54) is 0 Å². The van der Waals surface area contributed by atoms with Gasteiger partial charge in [0.25, 0.3) is 0 Å². The highest BCUT2D eigenvalue weighted by molar-refractivity contribution is 5.68. The number of benzene rings is 1. The Bertz CT molecular complexity index is 442. The number of hydrogen-bond acceptors (Lipinski definition) is 3. The molecule has 0 saturated heterocycles. The van der Waals surface area contributed by atoms with Gasteiger partial charge in [-0.3, -0.25) is 4.79 Å². The summed E-state index contributed by atoms with van der Waals surface area (Å²) < 4.78 is 5.12. The first-order valence-electron chi connectivity index (χ1n) is 6.24. The van der Waals surface area contributed by atoms with Gasteiger partial charge in [-0.25, -0.2) is 0 Å². The first kappa shape index (κ1) is 14.6. The molecule has 0 atom stereocenters. The van der Waals surface area contributed by atoms with Gasteiger partial charge in [0.15, 0.2) is 0 Å². The molecule has 0 aliphatic rings. The molecular weight excluding hydrogens is 228 g/mol. The molecule has 0 saturated carbocycles. The largest absolute Gasteiger partial charge is 0.507 e. The van der Waals surface area contributed by atoms with Crippen LogP contribution in [0.4, 0.5) is 0 Å². The predicted molar refractivity (Wildman–Crippen MR) is 71.6 cm³/mol. The standard InChI is InChI=1S/C15H22O3/c1-6-13(16)18-9-11-7-10(2)14(17)12(8-11)15(3,4)5/h7-8,17H,6,9H2,1-5H3. The summed E-state index contributed by atoms with van der Waals surface area (Å²) in [5.41, 5.74) is 2.46. The summed E-state index contributed by atoms with van der Waals surface area (Å²) in [6.45, 7) is 10.0. The van der Waals surface area contributed by atoms with Crippen molar-refractivity contribution in [3.63, 3.8) is 0 Å². The third-order valence-corrected chi connectivity index (χ3v) is 2.86. The van der Waals surface area contributed by atoms with Crippen LogP contribution in [0.1, 0.15) is 50.8 Å². The molecule has 0 fully saturated rings. The molecule has 1 N–H and O–H groups in total. The van der Waals surface area contributed by atoms with Crippen molar-refractivity contribution in [2.24, 2.45) is 0 Å². The first-order chi connectivity index (χ1) is 8.25. The number of carbonyl (C=O) groups excluding carboxylic acids is 1. The zero-order chi connectivity index (χ0) is 13.9. The monoisotopic (exact) mass is 250 g/mol. The average Bonchev–Trinajstić information content (AvgIpc) is 2.28. The number of carbonyl (C=O) groups is 1. The number of phenols is 1. The second-order valence-electron chi connectivity index (χ2n) is 5.57. The number of aromatic hydroxyl groups is 1. The summed E-state index contributed by atoms with van der Waals surface area (Å²) in [6.07, 6.45) is 0.378. The van der Waals surface area contributed by atoms with Gasteiger partial charge in [0.2, 0.25) is 0 Å². The maximum absolute atomic E-state index is 11.1. The van der Waals surface area contributed by atoms with Gasteiger partial charge in [-0.05, 0) is 41.2 Å². The second kappa shape index (κ2) is 5.42. The predicted octanol–water partition coefficient (Wildman–Crippen LogP) is 3.45. The van der Waals surface area contributed by atoms with E-state index in [9.17, 15) is 9.90 Å². The number of ether oxygens (including phenoxy) is 1. The van der Waals surface area contributed by atoms with Crippen molar-refractivity contribution in [2.45, 2.75) is 53.1 Å². The molecule has 0 amide bonds. The first-order valence-corrected chi connectivity index (χ1v) is 6.24. The van der Waals surface area contributed by atoms with E-state index in [4.69, 9.17) is 4.74 Å². The van der Waals surface area contributed by atoms with Crippen LogP contribution in [0.2, 0.25) is 0 Å². The second-order valence-corrected chi connectivity index (χ2v) is 5.57. The lowest BCUT2D eigenvalue weighted by molar-refractivity contribution is -0.144. The molecule has 0 unspecified atom stereocenters. The Kier molecular flexibility index (Phi) is 4.38. The third-order valence-electron chi connectivity index (χ3n) is 2.86. The summed E-state index contributed by atoms with van der Waals surface area (Å²) in [5, 5.41) is 10.1. The van der Waals surface area contributed by atoms with E-state index in [1.807, 2.05) is 39.8 Å². The van der Waals surface area contributed by atoms with Crippen LogP contribution in [-0.2, 0) is 21.6 Å². The zero-order valence-corrected chi connectivity index (χ0v) is 11.8. The van der Waals surface area contributed by atoms with Crippen LogP contribution in [-0.4, -0.2) is 11.1 Å². The topological polar surface area (TPSA) is 46.5 Å². The van der Waals surface area contributed by atoms with E-state index < -0.39 is 0 Å². The Labute approximate surface area is 109 Å². The van der Waals surface area contributed by atoms with E-state index in [1.54, 1.807) is 6.92 Å². The summed E-state index contributed by atoms with van der Waals surface area (Å²) in [5.74, 6) is 0.117. The smallest absolute Gasteiger partial charge is 0.305 e. The van der Waals surface area contributed by atoms with Gasteiger partial charge in [0.1, 0.15) is 12.4 Å². The van der Waals surface area contributed by atoms with E-state index in [-0.39, 0.29) is 18.0 Å². The number of hydrogen-bond donors (Lipinski definition) is 1. The van der Waals surface area contributed by atoms with E-state index in [2.05, 4.69) is 0 Å². The Balaban J connectivity index is 3.02. The SMILES string of the molecule is CCC(=O)OCc1cc(C)c(O)c(C(C)(C)C)c1. The maximum atomic E-state index is 11.1. The highest BCUT2D eigenvalue weighted by Gasteiger charge is 2.20. The van der Waals surface area contributed by atoms with Gasteiger partial charge < -0.3 is 9.84 Å². The highest BCUT2D eigenvalue weighted by atomic mass is 16.5. The molecule has 3 nitrogen and oxygen atoms in total. The van der Waals surface area contributed by atoms with Crippen LogP contribution < -0.4 is 0 Å². The minimum Gasteiger partial charge on any atom is -0.507 e. The number of rotatable bonds is 3. The Morgan fingerprint density at radius 2 is 1.94 bits per heavy atom. The number of phenolic OH excluding ortho intramolecular Hbond substituents is 1. The summed E-state index contributed by atoms with van der Waals surface area (Å²) >= 11 is 0. The Morgan fingerprint density at radius 3 is 2.44 bits per heavy atom. The van der Waals surface area contributed by atoms with Crippen molar-refractivity contribution in [2.75, 3.05) is 0 Å². The zero-order valence-electron chi connectivity index (χ0n) is 11.8. The fourth-order valence-corrected chi connectivity index (χ4v) is 1.78. The summed E-state index contributed by atoms with van der Waals surface area (Å²) in [4.78, 5) is 11.1. The molecule has 0 radical (unpaired) electrons. The molecular formula is C15H22O3. The molecule has 0 bridgehead atoms. The van der Waals surface area contributed by atoms with Gasteiger partial charge in [0.05, 0.1) is 0 Å². The molecule has 1 aromatic rings. The van der Waals surface area contributed by atoms with Crippen molar-refractivity contribution >= 4 is 5.97 Å². The van der Waals surface area contributed by atoms with E-state index >= 15 is 0 Å². The van der Waals surface area contributed by atoms with Crippen molar-refractivity contribution in [3.8, 4) is 5.75 Å². The van der Waals surface area contributed by atoms with Gasteiger partial charge >= 0.3 is 5.97 Å². The third kappa shape index (κ3) is 3.49. The van der Waals surface area contributed by atoms with Crippen molar-refractivity contribution < 1.29 is 14.6 Å². The van der Waals surface area contributed by atoms with Gasteiger partial charge in [-0.2, -0.15) is 0 Å². The molecule has 0 aromatic heterocycles. The minimum atomic E-state index is -0.210. The van der Waals surface area contributed by atoms with Gasteiger partial charge in [0, 0.05) is 6.42 Å². The van der Waals surface area contributed by atoms with Crippen molar-refractivity contribution in [1.82, 2.24) is 0 Å². The lowest BCUT2D eigenvalue weighted by Gasteiger charge is -2.22. The molecule has 1 aromatic carbocycles. The number of esters is 1. The molecule has 1 rings (SSSR count). The maximum Gasteiger partial charge on any atom is 0.305 e. The molecule has 3 heteroatoms. The van der Waals surface area contributed by atoms with Gasteiger partial charge in [-0.1, -0.05) is 27.7 Å². The van der Waals surface area contributed by atoms with Crippen molar-refractivity contribution in [3.05, 3.63) is 28.8 Å². The summed E-state index contributed by atoms with van der Waals surface area (Å²) in [6, 6.07) is 3.76. The quantitative estimate of drug-likeness (QED) is 0.836.